The fourth-order valence-electron chi connectivity index (χ4n) is 3.97. The molecule has 0 radical (unpaired) electrons. The van der Waals surface area contributed by atoms with Crippen LogP contribution in [0, 0.1) is 23.7 Å². The second-order valence-corrected chi connectivity index (χ2v) is 7.10. The summed E-state index contributed by atoms with van der Waals surface area (Å²) in [6.45, 7) is 3.11. The first kappa shape index (κ1) is 16.3. The third-order valence-electron chi connectivity index (χ3n) is 5.34. The van der Waals surface area contributed by atoms with E-state index < -0.39 is 5.97 Å². The number of hydrogen-bond acceptors (Lipinski definition) is 2. The van der Waals surface area contributed by atoms with E-state index in [4.69, 9.17) is 5.11 Å². The van der Waals surface area contributed by atoms with Gasteiger partial charge >= 0.3 is 5.97 Å². The molecule has 21 heavy (non-hydrogen) atoms. The van der Waals surface area contributed by atoms with Crippen molar-refractivity contribution in [2.75, 3.05) is 6.54 Å². The molecule has 0 aromatic rings. The lowest BCUT2D eigenvalue weighted by molar-refractivity contribution is -0.144. The SMILES string of the molecule is CC1CCCC(CCNC(=O)C2CCC(C(=O)O)CC2)C1. The van der Waals surface area contributed by atoms with E-state index in [1.165, 1.54) is 25.7 Å². The zero-order valence-corrected chi connectivity index (χ0v) is 13.1. The van der Waals surface area contributed by atoms with E-state index in [0.717, 1.165) is 37.6 Å². The highest BCUT2D eigenvalue weighted by Crippen LogP contribution is 2.31. The van der Waals surface area contributed by atoms with Gasteiger partial charge in [0.1, 0.15) is 0 Å². The Bertz CT molecular complexity index is 361. The average Bonchev–Trinajstić information content (AvgIpc) is 2.47. The Morgan fingerprint density at radius 3 is 2.33 bits per heavy atom. The van der Waals surface area contributed by atoms with Crippen molar-refractivity contribution in [2.24, 2.45) is 23.7 Å². The summed E-state index contributed by atoms with van der Waals surface area (Å²) in [5.41, 5.74) is 0. The molecule has 0 aromatic carbocycles. The first-order valence-electron chi connectivity index (χ1n) is 8.56. The van der Waals surface area contributed by atoms with Crippen LogP contribution in [0.3, 0.4) is 0 Å². The van der Waals surface area contributed by atoms with Crippen LogP contribution in [0.5, 0.6) is 0 Å². The zero-order valence-electron chi connectivity index (χ0n) is 13.1. The third kappa shape index (κ3) is 5.01. The molecular formula is C17H29NO3. The van der Waals surface area contributed by atoms with Crippen molar-refractivity contribution < 1.29 is 14.7 Å². The van der Waals surface area contributed by atoms with Gasteiger partial charge in [-0.3, -0.25) is 9.59 Å². The first-order chi connectivity index (χ1) is 10.1. The fourth-order valence-corrected chi connectivity index (χ4v) is 3.97. The van der Waals surface area contributed by atoms with E-state index in [1.807, 2.05) is 0 Å². The molecule has 2 aliphatic carbocycles. The highest BCUT2D eigenvalue weighted by atomic mass is 16.4. The lowest BCUT2D eigenvalue weighted by Crippen LogP contribution is -2.35. The number of nitrogens with one attached hydrogen (secondary N) is 1. The normalized spacial score (nSPS) is 33.4. The first-order valence-corrected chi connectivity index (χ1v) is 8.56. The lowest BCUT2D eigenvalue weighted by atomic mass is 9.80. The van der Waals surface area contributed by atoms with Gasteiger partial charge in [-0.1, -0.05) is 26.2 Å². The monoisotopic (exact) mass is 295 g/mol. The maximum Gasteiger partial charge on any atom is 0.306 e. The molecule has 2 unspecified atom stereocenters. The predicted octanol–water partition coefficient (Wildman–Crippen LogP) is 3.21. The standard InChI is InChI=1S/C17H29NO3/c1-12-3-2-4-13(11-12)9-10-18-16(19)14-5-7-15(8-6-14)17(20)21/h12-15H,2-11H2,1H3,(H,18,19)(H,20,21). The number of rotatable bonds is 5. The molecule has 0 saturated heterocycles. The highest BCUT2D eigenvalue weighted by Gasteiger charge is 2.29. The second kappa shape index (κ2) is 7.81. The van der Waals surface area contributed by atoms with E-state index in [9.17, 15) is 9.59 Å². The molecule has 0 bridgehead atoms. The van der Waals surface area contributed by atoms with Crippen molar-refractivity contribution in [3.63, 3.8) is 0 Å². The summed E-state index contributed by atoms with van der Waals surface area (Å²) in [4.78, 5) is 23.0. The summed E-state index contributed by atoms with van der Waals surface area (Å²) in [5.74, 6) is 0.842. The maximum absolute atomic E-state index is 12.1. The van der Waals surface area contributed by atoms with Gasteiger partial charge in [0.05, 0.1) is 5.92 Å². The van der Waals surface area contributed by atoms with Gasteiger partial charge < -0.3 is 10.4 Å². The van der Waals surface area contributed by atoms with Crippen LogP contribution in [0.15, 0.2) is 0 Å². The molecule has 0 aromatic heterocycles. The molecular weight excluding hydrogens is 266 g/mol. The van der Waals surface area contributed by atoms with E-state index in [0.29, 0.717) is 12.8 Å². The van der Waals surface area contributed by atoms with Crippen LogP contribution in [-0.4, -0.2) is 23.5 Å². The number of carbonyl (C=O) groups excluding carboxylic acids is 1. The summed E-state index contributed by atoms with van der Waals surface area (Å²) in [6, 6.07) is 0. The van der Waals surface area contributed by atoms with Crippen molar-refractivity contribution in [2.45, 2.75) is 64.7 Å². The molecule has 2 N–H and O–H groups in total. The number of hydrogen-bond donors (Lipinski definition) is 2. The predicted molar refractivity (Wildman–Crippen MR) is 81.8 cm³/mol. The van der Waals surface area contributed by atoms with Crippen LogP contribution < -0.4 is 5.32 Å². The van der Waals surface area contributed by atoms with Crippen LogP contribution in [0.1, 0.15) is 64.7 Å². The molecule has 4 heteroatoms. The van der Waals surface area contributed by atoms with E-state index in [2.05, 4.69) is 12.2 Å². The summed E-state index contributed by atoms with van der Waals surface area (Å²) in [6.07, 6.45) is 9.15. The van der Waals surface area contributed by atoms with Gasteiger partial charge in [-0.2, -0.15) is 0 Å². The zero-order chi connectivity index (χ0) is 15.2. The van der Waals surface area contributed by atoms with Gasteiger partial charge in [-0.05, 0) is 50.4 Å². The van der Waals surface area contributed by atoms with Crippen molar-refractivity contribution in [3.05, 3.63) is 0 Å². The number of carboxylic acid groups (broad SMARTS) is 1. The Labute approximate surface area is 127 Å². The van der Waals surface area contributed by atoms with Gasteiger partial charge in [-0.25, -0.2) is 0 Å². The van der Waals surface area contributed by atoms with E-state index in [-0.39, 0.29) is 17.7 Å². The van der Waals surface area contributed by atoms with Gasteiger partial charge in [0.2, 0.25) is 5.91 Å². The van der Waals surface area contributed by atoms with Crippen LogP contribution in [-0.2, 0) is 9.59 Å². The van der Waals surface area contributed by atoms with Gasteiger partial charge in [0, 0.05) is 12.5 Å². The summed E-state index contributed by atoms with van der Waals surface area (Å²) >= 11 is 0. The van der Waals surface area contributed by atoms with Crippen molar-refractivity contribution in [1.82, 2.24) is 5.32 Å². The fraction of sp³-hybridized carbons (Fsp3) is 0.882. The topological polar surface area (TPSA) is 66.4 Å². The molecule has 0 heterocycles. The molecule has 1 amide bonds. The Balaban J connectivity index is 1.62. The Kier molecular flexibility index (Phi) is 6.07. The van der Waals surface area contributed by atoms with E-state index >= 15 is 0 Å². The molecule has 0 aliphatic heterocycles. The average molecular weight is 295 g/mol. The number of amides is 1. The number of carbonyl (C=O) groups is 2. The largest absolute Gasteiger partial charge is 0.481 e. The molecule has 120 valence electrons. The molecule has 4 nitrogen and oxygen atoms in total. The minimum absolute atomic E-state index is 0.0332. The maximum atomic E-state index is 12.1. The van der Waals surface area contributed by atoms with Gasteiger partial charge in [-0.15, -0.1) is 0 Å². The van der Waals surface area contributed by atoms with Crippen LogP contribution in [0.25, 0.3) is 0 Å². The molecule has 2 rings (SSSR count). The van der Waals surface area contributed by atoms with Crippen molar-refractivity contribution in [3.8, 4) is 0 Å². The van der Waals surface area contributed by atoms with Gasteiger partial charge in [0.25, 0.3) is 0 Å². The number of carboxylic acids is 1. The minimum Gasteiger partial charge on any atom is -0.481 e. The molecule has 2 aliphatic rings. The quantitative estimate of drug-likeness (QED) is 0.818. The highest BCUT2D eigenvalue weighted by molar-refractivity contribution is 5.79. The van der Waals surface area contributed by atoms with Crippen LogP contribution >= 0.6 is 0 Å². The van der Waals surface area contributed by atoms with Gasteiger partial charge in [0.15, 0.2) is 0 Å². The molecule has 2 atom stereocenters. The molecule has 2 saturated carbocycles. The number of aliphatic carboxylic acids is 1. The summed E-state index contributed by atoms with van der Waals surface area (Å²) in [5, 5.41) is 12.0. The van der Waals surface area contributed by atoms with Crippen LogP contribution in [0.4, 0.5) is 0 Å². The van der Waals surface area contributed by atoms with Crippen molar-refractivity contribution >= 4 is 11.9 Å². The summed E-state index contributed by atoms with van der Waals surface area (Å²) in [7, 11) is 0. The third-order valence-corrected chi connectivity index (χ3v) is 5.34. The molecule has 2 fully saturated rings. The second-order valence-electron chi connectivity index (χ2n) is 7.10. The molecule has 0 spiro atoms. The Morgan fingerprint density at radius 2 is 1.71 bits per heavy atom. The Hall–Kier alpha value is -1.06. The van der Waals surface area contributed by atoms with E-state index in [1.54, 1.807) is 0 Å². The summed E-state index contributed by atoms with van der Waals surface area (Å²) < 4.78 is 0. The van der Waals surface area contributed by atoms with Crippen LogP contribution in [0.2, 0.25) is 0 Å². The Morgan fingerprint density at radius 1 is 1.05 bits per heavy atom. The smallest absolute Gasteiger partial charge is 0.306 e. The van der Waals surface area contributed by atoms with Crippen molar-refractivity contribution in [1.29, 1.82) is 0 Å². The lowest BCUT2D eigenvalue weighted by Gasteiger charge is -2.28. The minimum atomic E-state index is -0.708.